The Balaban J connectivity index is 3.81. The van der Waals surface area contributed by atoms with Crippen LogP contribution in [0.2, 0.25) is 0 Å². The molecule has 0 heterocycles. The lowest BCUT2D eigenvalue weighted by molar-refractivity contribution is 0.386. The van der Waals surface area contributed by atoms with E-state index >= 15 is 0 Å². The summed E-state index contributed by atoms with van der Waals surface area (Å²) in [6.45, 7) is 1.53. The van der Waals surface area contributed by atoms with Crippen LogP contribution in [0.1, 0.15) is 20.3 Å². The van der Waals surface area contributed by atoms with Gasteiger partial charge < -0.3 is 9.42 Å². The van der Waals surface area contributed by atoms with Crippen LogP contribution in [0.4, 0.5) is 0 Å². The minimum atomic E-state index is -2.50. The Morgan fingerprint density at radius 3 is 2.64 bits per heavy atom. The molecule has 0 fully saturated rings. The van der Waals surface area contributed by atoms with Gasteiger partial charge in [-0.3, -0.25) is 0 Å². The molecule has 1 N–H and O–H groups in total. The Hall–Kier alpha value is 0.920. The molecule has 0 aliphatic rings. The molecule has 2 atom stereocenters. The molecule has 0 aromatic rings. The van der Waals surface area contributed by atoms with Crippen molar-refractivity contribution in [1.82, 2.24) is 0 Å². The average molecular weight is 214 g/mol. The molecule has 0 radical (unpaired) electrons. The summed E-state index contributed by atoms with van der Waals surface area (Å²) < 4.78 is 4.86. The van der Waals surface area contributed by atoms with Gasteiger partial charge in [0.25, 0.3) is 0 Å². The summed E-state index contributed by atoms with van der Waals surface area (Å²) in [5.41, 5.74) is 0. The van der Waals surface area contributed by atoms with Crippen LogP contribution in [0.5, 0.6) is 0 Å². The summed E-state index contributed by atoms with van der Waals surface area (Å²) in [5, 5.41) is 0. The maximum Gasteiger partial charge on any atom is 0.198 e. The van der Waals surface area contributed by atoms with E-state index in [0.717, 1.165) is 12.2 Å². The lowest BCUT2D eigenvalue weighted by Gasteiger charge is -2.19. The van der Waals surface area contributed by atoms with Crippen molar-refractivity contribution in [3.63, 3.8) is 0 Å². The predicted octanol–water partition coefficient (Wildman–Crippen LogP) is 2.42. The van der Waals surface area contributed by atoms with Crippen molar-refractivity contribution < 1.29 is 9.42 Å². The number of thioether (sulfide) groups is 1. The van der Waals surface area contributed by atoms with E-state index in [1.807, 2.05) is 6.92 Å². The van der Waals surface area contributed by atoms with Crippen molar-refractivity contribution in [3.05, 3.63) is 0 Å². The van der Waals surface area contributed by atoms with Crippen molar-refractivity contribution in [2.75, 3.05) is 12.9 Å². The fraction of sp³-hybridized carbons (Fsp3) is 1.00. The third kappa shape index (κ3) is 4.48. The number of rotatable bonds is 5. The van der Waals surface area contributed by atoms with Crippen LogP contribution in [0.25, 0.3) is 0 Å². The molecule has 0 aliphatic heterocycles. The minimum Gasteiger partial charge on any atom is -0.344 e. The van der Waals surface area contributed by atoms with Gasteiger partial charge in [0.15, 0.2) is 6.49 Å². The Kier molecular flexibility index (Phi) is 6.01. The highest BCUT2D eigenvalue weighted by atomic mass is 32.5. The van der Waals surface area contributed by atoms with Gasteiger partial charge in [0, 0.05) is 7.11 Å². The molecule has 11 heavy (non-hydrogen) atoms. The second-order valence-corrected chi connectivity index (χ2v) is 7.85. The van der Waals surface area contributed by atoms with Crippen molar-refractivity contribution in [3.8, 4) is 0 Å². The van der Waals surface area contributed by atoms with E-state index < -0.39 is 6.49 Å². The lowest BCUT2D eigenvalue weighted by atomic mass is 10.6. The van der Waals surface area contributed by atoms with E-state index in [-0.39, 0.29) is 4.99 Å². The standard InChI is InChI=1S/C6H15O2PS2/c1-4-5-11-6(2)9(7,10)8-3/h6H,4-5H2,1-3H3,(H,7,10). The molecule has 0 aromatic carbocycles. The van der Waals surface area contributed by atoms with Crippen molar-refractivity contribution in [2.45, 2.75) is 25.3 Å². The molecule has 5 heteroatoms. The molecular weight excluding hydrogens is 199 g/mol. The molecule has 0 rings (SSSR count). The third-order valence-electron chi connectivity index (χ3n) is 1.28. The second-order valence-electron chi connectivity index (χ2n) is 2.22. The van der Waals surface area contributed by atoms with Crippen molar-refractivity contribution in [2.24, 2.45) is 0 Å². The predicted molar refractivity (Wildman–Crippen MR) is 55.7 cm³/mol. The largest absolute Gasteiger partial charge is 0.344 e. The van der Waals surface area contributed by atoms with E-state index in [1.165, 1.54) is 7.11 Å². The summed E-state index contributed by atoms with van der Waals surface area (Å²) >= 11 is 6.58. The molecule has 68 valence electrons. The molecule has 0 saturated carbocycles. The number of hydrogen-bond acceptors (Lipinski definition) is 3. The lowest BCUT2D eigenvalue weighted by Crippen LogP contribution is -2.00. The first kappa shape index (κ1) is 11.9. The second kappa shape index (κ2) is 5.55. The van der Waals surface area contributed by atoms with Crippen LogP contribution in [-0.4, -0.2) is 22.7 Å². The Morgan fingerprint density at radius 1 is 1.73 bits per heavy atom. The zero-order chi connectivity index (χ0) is 8.91. The van der Waals surface area contributed by atoms with Gasteiger partial charge in [0.1, 0.15) is 0 Å². The smallest absolute Gasteiger partial charge is 0.198 e. The van der Waals surface area contributed by atoms with E-state index in [2.05, 4.69) is 6.92 Å². The zero-order valence-electron chi connectivity index (χ0n) is 7.11. The van der Waals surface area contributed by atoms with E-state index in [4.69, 9.17) is 16.3 Å². The normalized spacial score (nSPS) is 19.3. The van der Waals surface area contributed by atoms with E-state index in [9.17, 15) is 4.89 Å². The third-order valence-corrected chi connectivity index (χ3v) is 6.95. The quantitative estimate of drug-likeness (QED) is 0.712. The van der Waals surface area contributed by atoms with Crippen LogP contribution in [-0.2, 0) is 16.3 Å². The maximum absolute atomic E-state index is 9.50. The monoisotopic (exact) mass is 214 g/mol. The van der Waals surface area contributed by atoms with Gasteiger partial charge in [-0.1, -0.05) is 6.92 Å². The van der Waals surface area contributed by atoms with Gasteiger partial charge in [0.05, 0.1) is 4.99 Å². The van der Waals surface area contributed by atoms with Crippen LogP contribution in [0, 0.1) is 0 Å². The van der Waals surface area contributed by atoms with Gasteiger partial charge in [0.2, 0.25) is 0 Å². The summed E-state index contributed by atoms with van der Waals surface area (Å²) in [6, 6.07) is 0. The van der Waals surface area contributed by atoms with Crippen LogP contribution in [0.3, 0.4) is 0 Å². The van der Waals surface area contributed by atoms with Crippen LogP contribution in [0.15, 0.2) is 0 Å². The van der Waals surface area contributed by atoms with E-state index in [1.54, 1.807) is 11.8 Å². The van der Waals surface area contributed by atoms with Crippen molar-refractivity contribution in [1.29, 1.82) is 0 Å². The first-order valence-electron chi connectivity index (χ1n) is 3.54. The molecular formula is C6H15O2PS2. The van der Waals surface area contributed by atoms with Crippen LogP contribution >= 0.6 is 18.3 Å². The summed E-state index contributed by atoms with van der Waals surface area (Å²) in [5.74, 6) is 1.03. The molecule has 0 aliphatic carbocycles. The highest BCUT2D eigenvalue weighted by Gasteiger charge is 2.21. The maximum atomic E-state index is 9.50. The summed E-state index contributed by atoms with van der Waals surface area (Å²) in [7, 11) is 1.48. The van der Waals surface area contributed by atoms with Crippen molar-refractivity contribution >= 4 is 30.1 Å². The van der Waals surface area contributed by atoms with Gasteiger partial charge in [-0.2, -0.15) is 0 Å². The Labute approximate surface area is 77.9 Å². The Bertz CT molecular complexity index is 152. The highest BCUT2D eigenvalue weighted by Crippen LogP contribution is 2.51. The Morgan fingerprint density at radius 2 is 2.27 bits per heavy atom. The SMILES string of the molecule is CCCSC(C)P(O)(=S)OC. The molecule has 0 saturated heterocycles. The average Bonchev–Trinajstić information content (AvgIpc) is 2.00. The van der Waals surface area contributed by atoms with Gasteiger partial charge in [-0.05, 0) is 30.9 Å². The molecule has 0 aromatic heterocycles. The van der Waals surface area contributed by atoms with Gasteiger partial charge >= 0.3 is 0 Å². The molecule has 0 amide bonds. The molecule has 2 unspecified atom stereocenters. The molecule has 0 bridgehead atoms. The first-order valence-corrected chi connectivity index (χ1v) is 7.33. The van der Waals surface area contributed by atoms with Gasteiger partial charge in [-0.15, -0.1) is 11.8 Å². The summed E-state index contributed by atoms with van der Waals surface area (Å²) in [6.07, 6.45) is 1.11. The molecule has 0 spiro atoms. The van der Waals surface area contributed by atoms with Crippen LogP contribution < -0.4 is 0 Å². The fourth-order valence-corrected chi connectivity index (χ4v) is 3.28. The minimum absolute atomic E-state index is 0.0578. The fourth-order valence-electron chi connectivity index (χ4n) is 0.531. The van der Waals surface area contributed by atoms with E-state index in [0.29, 0.717) is 0 Å². The highest BCUT2D eigenvalue weighted by molar-refractivity contribution is 8.18. The topological polar surface area (TPSA) is 29.5 Å². The molecule has 2 nitrogen and oxygen atoms in total. The first-order chi connectivity index (χ1) is 5.04. The van der Waals surface area contributed by atoms with Gasteiger partial charge in [-0.25, -0.2) is 0 Å². The summed E-state index contributed by atoms with van der Waals surface area (Å²) in [4.78, 5) is 9.56. The zero-order valence-corrected chi connectivity index (χ0v) is 9.64. The number of hydrogen-bond donors (Lipinski definition) is 1.